The van der Waals surface area contributed by atoms with Gasteiger partial charge in [-0.1, -0.05) is 6.92 Å². The van der Waals surface area contributed by atoms with Gasteiger partial charge in [-0.05, 0) is 0 Å². The maximum atomic E-state index is 11.1. The number of ketones is 1. The van der Waals surface area contributed by atoms with Gasteiger partial charge in [0, 0.05) is 6.42 Å². The van der Waals surface area contributed by atoms with Crippen LogP contribution in [-0.2, 0) is 14.3 Å². The molecule has 0 bridgehead atoms. The molecule has 1 rings (SSSR count). The average Bonchev–Trinajstić information content (AvgIpc) is 2.54. The Labute approximate surface area is 90.6 Å². The van der Waals surface area contributed by atoms with Crippen molar-refractivity contribution in [2.45, 2.75) is 31.7 Å². The smallest absolute Gasteiger partial charge is 0.377 e. The van der Waals surface area contributed by atoms with E-state index in [1.165, 1.54) is 6.92 Å². The van der Waals surface area contributed by atoms with Crippen molar-refractivity contribution in [3.63, 3.8) is 0 Å². The second-order valence-electron chi connectivity index (χ2n) is 3.32. The van der Waals surface area contributed by atoms with Gasteiger partial charge in [0.15, 0.2) is 17.6 Å². The third-order valence-electron chi connectivity index (χ3n) is 2.25. The lowest BCUT2D eigenvalue weighted by molar-refractivity contribution is -0.154. The molecule has 90 valence electrons. The molecule has 0 spiro atoms. The molecule has 4 N–H and O–H groups in total. The van der Waals surface area contributed by atoms with E-state index in [1.807, 2.05) is 0 Å². The van der Waals surface area contributed by atoms with E-state index in [-0.39, 0.29) is 6.42 Å². The number of hydrogen-bond donors (Lipinski definition) is 4. The van der Waals surface area contributed by atoms with Gasteiger partial charge < -0.3 is 25.2 Å². The van der Waals surface area contributed by atoms with Crippen molar-refractivity contribution in [1.29, 1.82) is 0 Å². The molecule has 0 radical (unpaired) electrons. The van der Waals surface area contributed by atoms with E-state index in [0.29, 0.717) is 0 Å². The topological polar surface area (TPSA) is 124 Å². The molecule has 3 atom stereocenters. The number of carbonyl (C=O) groups excluding carboxylic acids is 2. The Balaban J connectivity index is 2.81. The van der Waals surface area contributed by atoms with E-state index >= 15 is 0 Å². The zero-order chi connectivity index (χ0) is 12.5. The lowest BCUT2D eigenvalue weighted by atomic mass is 10.0. The number of hydrogen-bond acceptors (Lipinski definition) is 7. The first-order valence-electron chi connectivity index (χ1n) is 4.62. The van der Waals surface area contributed by atoms with Gasteiger partial charge in [-0.15, -0.1) is 0 Å². The Morgan fingerprint density at radius 2 is 2.00 bits per heavy atom. The third-order valence-corrected chi connectivity index (χ3v) is 2.25. The molecular weight excluding hydrogens is 220 g/mol. The average molecular weight is 232 g/mol. The molecule has 1 aliphatic rings. The van der Waals surface area contributed by atoms with Crippen molar-refractivity contribution in [3.8, 4) is 0 Å². The van der Waals surface area contributed by atoms with Crippen LogP contribution in [0, 0.1) is 0 Å². The third kappa shape index (κ3) is 2.00. The largest absolute Gasteiger partial charge is 0.505 e. The van der Waals surface area contributed by atoms with Crippen molar-refractivity contribution < 1.29 is 34.8 Å². The van der Waals surface area contributed by atoms with Crippen molar-refractivity contribution in [1.82, 2.24) is 0 Å². The SMILES string of the molecule is CCC(=O)C(O)[C@H](O)[C@H]1OC(=O)C(O)=C1O. The van der Waals surface area contributed by atoms with E-state index in [9.17, 15) is 24.9 Å². The van der Waals surface area contributed by atoms with Crippen molar-refractivity contribution >= 4 is 11.8 Å². The Hall–Kier alpha value is -1.60. The predicted octanol–water partition coefficient (Wildman–Crippen LogP) is -1.06. The number of rotatable bonds is 4. The molecule has 0 aromatic heterocycles. The predicted molar refractivity (Wildman–Crippen MR) is 49.5 cm³/mol. The van der Waals surface area contributed by atoms with Crippen LogP contribution in [-0.4, -0.2) is 50.5 Å². The lowest BCUT2D eigenvalue weighted by Crippen LogP contribution is -2.43. The van der Waals surface area contributed by atoms with Crippen LogP contribution in [0.1, 0.15) is 13.3 Å². The summed E-state index contributed by atoms with van der Waals surface area (Å²) in [5.74, 6) is -3.79. The van der Waals surface area contributed by atoms with Crippen LogP contribution in [0.3, 0.4) is 0 Å². The molecule has 0 aromatic carbocycles. The van der Waals surface area contributed by atoms with Crippen LogP contribution >= 0.6 is 0 Å². The van der Waals surface area contributed by atoms with Crippen LogP contribution in [0.15, 0.2) is 11.5 Å². The number of ether oxygens (including phenoxy) is 1. The molecule has 0 saturated heterocycles. The zero-order valence-corrected chi connectivity index (χ0v) is 8.45. The summed E-state index contributed by atoms with van der Waals surface area (Å²) >= 11 is 0. The summed E-state index contributed by atoms with van der Waals surface area (Å²) in [6, 6.07) is 0. The van der Waals surface area contributed by atoms with E-state index in [2.05, 4.69) is 4.74 Å². The molecule has 16 heavy (non-hydrogen) atoms. The molecule has 0 aromatic rings. The van der Waals surface area contributed by atoms with E-state index in [1.54, 1.807) is 0 Å². The maximum absolute atomic E-state index is 11.1. The normalized spacial score (nSPS) is 24.2. The summed E-state index contributed by atoms with van der Waals surface area (Å²) in [5.41, 5.74) is 0. The standard InChI is InChI=1S/C9H12O7/c1-2-3(10)4(11)5(12)8-6(13)7(14)9(15)16-8/h4-5,8,11-14H,2H2,1H3/t4?,5-,8+/m0/s1. The Kier molecular flexibility index (Phi) is 3.51. The summed E-state index contributed by atoms with van der Waals surface area (Å²) in [6.07, 6.45) is -5.22. The van der Waals surface area contributed by atoms with Crippen molar-refractivity contribution in [2.75, 3.05) is 0 Å². The van der Waals surface area contributed by atoms with Crippen LogP contribution in [0.2, 0.25) is 0 Å². The van der Waals surface area contributed by atoms with Gasteiger partial charge in [-0.25, -0.2) is 4.79 Å². The molecule has 1 unspecified atom stereocenters. The van der Waals surface area contributed by atoms with Gasteiger partial charge >= 0.3 is 5.97 Å². The fourth-order valence-corrected chi connectivity index (χ4v) is 1.26. The highest BCUT2D eigenvalue weighted by atomic mass is 16.6. The molecule has 0 saturated carbocycles. The highest BCUT2D eigenvalue weighted by Gasteiger charge is 2.43. The fourth-order valence-electron chi connectivity index (χ4n) is 1.26. The zero-order valence-electron chi connectivity index (χ0n) is 8.45. The van der Waals surface area contributed by atoms with Gasteiger partial charge in [0.25, 0.3) is 0 Å². The maximum Gasteiger partial charge on any atom is 0.377 e. The lowest BCUT2D eigenvalue weighted by Gasteiger charge is -2.21. The summed E-state index contributed by atoms with van der Waals surface area (Å²) in [6.45, 7) is 1.48. The summed E-state index contributed by atoms with van der Waals surface area (Å²) in [5, 5.41) is 36.9. The van der Waals surface area contributed by atoms with Gasteiger partial charge in [0.05, 0.1) is 0 Å². The summed E-state index contributed by atoms with van der Waals surface area (Å²) in [7, 11) is 0. The Morgan fingerprint density at radius 3 is 2.38 bits per heavy atom. The summed E-state index contributed by atoms with van der Waals surface area (Å²) < 4.78 is 4.39. The minimum Gasteiger partial charge on any atom is -0.505 e. The van der Waals surface area contributed by atoms with Crippen LogP contribution in [0.4, 0.5) is 0 Å². The molecule has 7 heteroatoms. The molecule has 0 amide bonds. The number of carbonyl (C=O) groups is 2. The van der Waals surface area contributed by atoms with Gasteiger partial charge in [0.1, 0.15) is 12.2 Å². The quantitative estimate of drug-likeness (QED) is 0.455. The van der Waals surface area contributed by atoms with Gasteiger partial charge in [0.2, 0.25) is 5.76 Å². The van der Waals surface area contributed by atoms with Gasteiger partial charge in [-0.2, -0.15) is 0 Å². The van der Waals surface area contributed by atoms with Crippen LogP contribution < -0.4 is 0 Å². The number of aliphatic hydroxyl groups excluding tert-OH is 4. The first-order chi connectivity index (χ1) is 7.40. The minimum absolute atomic E-state index is 0.0185. The second kappa shape index (κ2) is 4.50. The molecule has 1 aliphatic heterocycles. The summed E-state index contributed by atoms with van der Waals surface area (Å²) in [4.78, 5) is 21.9. The molecular formula is C9H12O7. The van der Waals surface area contributed by atoms with Crippen molar-refractivity contribution in [2.24, 2.45) is 0 Å². The van der Waals surface area contributed by atoms with E-state index in [0.717, 1.165) is 0 Å². The van der Waals surface area contributed by atoms with E-state index < -0.39 is 41.6 Å². The Morgan fingerprint density at radius 1 is 1.44 bits per heavy atom. The highest BCUT2D eigenvalue weighted by Crippen LogP contribution is 2.23. The van der Waals surface area contributed by atoms with Crippen LogP contribution in [0.5, 0.6) is 0 Å². The fraction of sp³-hybridized carbons (Fsp3) is 0.556. The highest BCUT2D eigenvalue weighted by molar-refractivity contribution is 5.89. The Bertz CT molecular complexity index is 346. The second-order valence-corrected chi connectivity index (χ2v) is 3.32. The van der Waals surface area contributed by atoms with Crippen molar-refractivity contribution in [3.05, 3.63) is 11.5 Å². The number of aliphatic hydroxyl groups is 4. The van der Waals surface area contributed by atoms with Crippen LogP contribution in [0.25, 0.3) is 0 Å². The monoisotopic (exact) mass is 232 g/mol. The molecule has 7 nitrogen and oxygen atoms in total. The molecule has 0 aliphatic carbocycles. The first kappa shape index (κ1) is 12.5. The van der Waals surface area contributed by atoms with Gasteiger partial charge in [-0.3, -0.25) is 4.79 Å². The molecule has 1 heterocycles. The van der Waals surface area contributed by atoms with E-state index in [4.69, 9.17) is 5.11 Å². The number of cyclic esters (lactones) is 1. The molecule has 0 fully saturated rings. The first-order valence-corrected chi connectivity index (χ1v) is 4.62. The number of Topliss-reactive ketones (excluding diaryl/α,β-unsaturated/α-hetero) is 1. The minimum atomic E-state index is -1.80. The number of esters is 1.